The first-order valence-corrected chi connectivity index (χ1v) is 9.98. The van der Waals surface area contributed by atoms with E-state index in [0.29, 0.717) is 13.0 Å². The molecule has 1 fully saturated rings. The molecule has 0 bridgehead atoms. The second-order valence-corrected chi connectivity index (χ2v) is 8.14. The standard InChI is InChI=1S/C13H14BrNO.C8H6BrN/c1-10-8-13(9-15,5-6-16-10)11-3-2-4-12(14)7-11;9-8-3-1-2-7(6-8)4-5-10/h2-4,7,10H,5-6,8H2,1H3;1-3,6H,4H2/t10-,13-;/m0./s1. The molecule has 0 saturated carbocycles. The Balaban J connectivity index is 0.000000209. The minimum Gasteiger partial charge on any atom is -0.378 e. The van der Waals surface area contributed by atoms with Crippen LogP contribution in [-0.4, -0.2) is 12.7 Å². The second kappa shape index (κ2) is 9.88. The van der Waals surface area contributed by atoms with Gasteiger partial charge in [-0.2, -0.15) is 10.5 Å². The van der Waals surface area contributed by atoms with Crippen molar-refractivity contribution >= 4 is 31.9 Å². The first-order valence-electron chi connectivity index (χ1n) is 8.39. The molecule has 2 aromatic carbocycles. The fraction of sp³-hybridized carbons (Fsp3) is 0.333. The van der Waals surface area contributed by atoms with Gasteiger partial charge < -0.3 is 4.74 Å². The van der Waals surface area contributed by atoms with Crippen molar-refractivity contribution in [3.63, 3.8) is 0 Å². The fourth-order valence-corrected chi connectivity index (χ4v) is 3.88. The Morgan fingerprint density at radius 2 is 1.81 bits per heavy atom. The maximum atomic E-state index is 9.48. The van der Waals surface area contributed by atoms with E-state index < -0.39 is 0 Å². The number of halogens is 2. The summed E-state index contributed by atoms with van der Waals surface area (Å²) in [6, 6.07) is 20.4. The van der Waals surface area contributed by atoms with E-state index in [1.54, 1.807) is 0 Å². The van der Waals surface area contributed by atoms with Gasteiger partial charge in [0.1, 0.15) is 0 Å². The highest BCUT2D eigenvalue weighted by Gasteiger charge is 2.37. The van der Waals surface area contributed by atoms with Crippen LogP contribution in [-0.2, 0) is 16.6 Å². The van der Waals surface area contributed by atoms with E-state index in [0.717, 1.165) is 32.9 Å². The Kier molecular flexibility index (Phi) is 7.85. The molecule has 0 spiro atoms. The van der Waals surface area contributed by atoms with Crippen molar-refractivity contribution in [2.24, 2.45) is 0 Å². The Morgan fingerprint density at radius 1 is 1.12 bits per heavy atom. The number of hydrogen-bond acceptors (Lipinski definition) is 3. The summed E-state index contributed by atoms with van der Waals surface area (Å²) < 4.78 is 7.58. The molecule has 0 N–H and O–H groups in total. The van der Waals surface area contributed by atoms with E-state index in [4.69, 9.17) is 10.00 Å². The van der Waals surface area contributed by atoms with Crippen LogP contribution in [0.1, 0.15) is 30.9 Å². The molecule has 3 nitrogen and oxygen atoms in total. The molecule has 1 heterocycles. The molecule has 0 aromatic heterocycles. The molecule has 3 rings (SSSR count). The van der Waals surface area contributed by atoms with Crippen LogP contribution in [0.5, 0.6) is 0 Å². The van der Waals surface area contributed by atoms with Crippen LogP contribution in [0.3, 0.4) is 0 Å². The minimum atomic E-state index is -0.374. The predicted molar refractivity (Wildman–Crippen MR) is 110 cm³/mol. The lowest BCUT2D eigenvalue weighted by Crippen LogP contribution is -2.36. The van der Waals surface area contributed by atoms with E-state index in [2.05, 4.69) is 44.0 Å². The quantitative estimate of drug-likeness (QED) is 0.541. The van der Waals surface area contributed by atoms with Crippen LogP contribution in [0.25, 0.3) is 0 Å². The van der Waals surface area contributed by atoms with Gasteiger partial charge in [-0.05, 0) is 55.2 Å². The lowest BCUT2D eigenvalue weighted by molar-refractivity contribution is 0.00352. The van der Waals surface area contributed by atoms with Gasteiger partial charge in [0.2, 0.25) is 0 Å². The van der Waals surface area contributed by atoms with E-state index in [1.165, 1.54) is 0 Å². The van der Waals surface area contributed by atoms with Gasteiger partial charge in [0, 0.05) is 15.6 Å². The first kappa shape index (κ1) is 20.6. The predicted octanol–water partition coefficient (Wildman–Crippen LogP) is 5.92. The molecule has 1 aliphatic heterocycles. The lowest BCUT2D eigenvalue weighted by Gasteiger charge is -2.34. The number of hydrogen-bond donors (Lipinski definition) is 0. The molecule has 134 valence electrons. The van der Waals surface area contributed by atoms with Crippen molar-refractivity contribution in [3.8, 4) is 12.1 Å². The van der Waals surface area contributed by atoms with Crippen LogP contribution in [0.2, 0.25) is 0 Å². The normalized spacial score (nSPS) is 21.7. The summed E-state index contributed by atoms with van der Waals surface area (Å²) in [6.07, 6.45) is 2.20. The topological polar surface area (TPSA) is 56.8 Å². The molecule has 26 heavy (non-hydrogen) atoms. The van der Waals surface area contributed by atoms with E-state index in [-0.39, 0.29) is 11.5 Å². The van der Waals surface area contributed by atoms with Crippen molar-refractivity contribution in [2.45, 2.75) is 37.7 Å². The van der Waals surface area contributed by atoms with Crippen LogP contribution in [0, 0.1) is 22.7 Å². The van der Waals surface area contributed by atoms with Crippen molar-refractivity contribution < 1.29 is 4.74 Å². The van der Waals surface area contributed by atoms with E-state index >= 15 is 0 Å². The van der Waals surface area contributed by atoms with Crippen LogP contribution >= 0.6 is 31.9 Å². The number of nitriles is 2. The third kappa shape index (κ3) is 5.68. The Bertz CT molecular complexity index is 825. The summed E-state index contributed by atoms with van der Waals surface area (Å²) in [6.45, 7) is 2.70. The van der Waals surface area contributed by atoms with Crippen LogP contribution in [0.15, 0.2) is 57.5 Å². The minimum absolute atomic E-state index is 0.160. The van der Waals surface area contributed by atoms with Gasteiger partial charge in [0.05, 0.1) is 30.1 Å². The number of nitrogens with zero attached hydrogens (tertiary/aromatic N) is 2. The number of rotatable bonds is 2. The molecule has 1 saturated heterocycles. The molecule has 0 amide bonds. The maximum Gasteiger partial charge on any atom is 0.0869 e. The Labute approximate surface area is 171 Å². The summed E-state index contributed by atoms with van der Waals surface area (Å²) in [7, 11) is 0. The fourth-order valence-electron chi connectivity index (χ4n) is 3.04. The highest BCUT2D eigenvalue weighted by molar-refractivity contribution is 9.10. The van der Waals surface area contributed by atoms with Crippen molar-refractivity contribution in [1.29, 1.82) is 10.5 Å². The molecule has 5 heteroatoms. The summed E-state index contributed by atoms with van der Waals surface area (Å²) in [4.78, 5) is 0. The third-order valence-corrected chi connectivity index (χ3v) is 5.32. The Morgan fingerprint density at radius 3 is 2.38 bits per heavy atom. The van der Waals surface area contributed by atoms with E-state index in [1.807, 2.05) is 55.5 Å². The molecule has 1 aliphatic rings. The summed E-state index contributed by atoms with van der Waals surface area (Å²) in [5, 5.41) is 17.8. The zero-order valence-electron chi connectivity index (χ0n) is 14.6. The monoisotopic (exact) mass is 474 g/mol. The zero-order chi connectivity index (χ0) is 19.0. The average Bonchev–Trinajstić information content (AvgIpc) is 2.62. The SMILES string of the molecule is C[C@H]1C[C@@](C#N)(c2cccc(Br)c2)CCO1.N#CCc1cccc(Br)c1. The summed E-state index contributed by atoms with van der Waals surface area (Å²) in [5.41, 5.74) is 1.78. The van der Waals surface area contributed by atoms with Crippen molar-refractivity contribution in [3.05, 3.63) is 68.6 Å². The number of ether oxygens (including phenoxy) is 1. The van der Waals surface area contributed by atoms with Crippen molar-refractivity contribution in [2.75, 3.05) is 6.61 Å². The molecule has 0 radical (unpaired) electrons. The van der Waals surface area contributed by atoms with Crippen molar-refractivity contribution in [1.82, 2.24) is 0 Å². The summed E-state index contributed by atoms with van der Waals surface area (Å²) in [5.74, 6) is 0. The van der Waals surface area contributed by atoms with Gasteiger partial charge >= 0.3 is 0 Å². The van der Waals surface area contributed by atoms with Gasteiger partial charge in [-0.1, -0.05) is 56.1 Å². The summed E-state index contributed by atoms with van der Waals surface area (Å²) >= 11 is 6.78. The highest BCUT2D eigenvalue weighted by atomic mass is 79.9. The van der Waals surface area contributed by atoms with E-state index in [9.17, 15) is 5.26 Å². The molecular weight excluding hydrogens is 456 g/mol. The molecule has 2 atom stereocenters. The maximum absolute atomic E-state index is 9.48. The van der Waals surface area contributed by atoms with Crippen LogP contribution < -0.4 is 0 Å². The van der Waals surface area contributed by atoms with Crippen LogP contribution in [0.4, 0.5) is 0 Å². The zero-order valence-corrected chi connectivity index (χ0v) is 17.8. The van der Waals surface area contributed by atoms with Gasteiger partial charge in [0.15, 0.2) is 0 Å². The molecule has 2 aromatic rings. The molecular formula is C21H20Br2N2O. The molecule has 0 aliphatic carbocycles. The lowest BCUT2D eigenvalue weighted by atomic mass is 9.74. The molecule has 0 unspecified atom stereocenters. The first-order chi connectivity index (χ1) is 12.5. The second-order valence-electron chi connectivity index (χ2n) is 6.30. The average molecular weight is 476 g/mol. The van der Waals surface area contributed by atoms with Gasteiger partial charge in [-0.15, -0.1) is 0 Å². The Hall–Kier alpha value is -1.66. The van der Waals surface area contributed by atoms with Gasteiger partial charge in [-0.3, -0.25) is 0 Å². The highest BCUT2D eigenvalue weighted by Crippen LogP contribution is 2.37. The van der Waals surface area contributed by atoms with Gasteiger partial charge in [-0.25, -0.2) is 0 Å². The number of benzene rings is 2. The third-order valence-electron chi connectivity index (χ3n) is 4.33. The van der Waals surface area contributed by atoms with Gasteiger partial charge in [0.25, 0.3) is 0 Å². The smallest absolute Gasteiger partial charge is 0.0869 e. The largest absolute Gasteiger partial charge is 0.378 e.